The van der Waals surface area contributed by atoms with E-state index in [-0.39, 0.29) is 0 Å². The van der Waals surface area contributed by atoms with E-state index in [1.807, 2.05) is 26.5 Å². The summed E-state index contributed by atoms with van der Waals surface area (Å²) >= 11 is 0. The molecule has 0 aromatic carbocycles. The summed E-state index contributed by atoms with van der Waals surface area (Å²) in [7, 11) is 5.20. The van der Waals surface area contributed by atoms with Crippen LogP contribution in [0.15, 0.2) is 12.4 Å². The van der Waals surface area contributed by atoms with E-state index in [2.05, 4.69) is 0 Å². The Morgan fingerprint density at radius 3 is 2.33 bits per heavy atom. The zero-order chi connectivity index (χ0) is 13.5. The van der Waals surface area contributed by atoms with Gasteiger partial charge in [0.15, 0.2) is 0 Å². The minimum absolute atomic E-state index is 0.586. The van der Waals surface area contributed by atoms with Gasteiger partial charge in [-0.1, -0.05) is 0 Å². The molecule has 1 aromatic rings. The van der Waals surface area contributed by atoms with Gasteiger partial charge < -0.3 is 9.47 Å². The maximum absolute atomic E-state index is 11.8. The van der Waals surface area contributed by atoms with Crippen molar-refractivity contribution in [2.24, 2.45) is 14.1 Å². The first-order chi connectivity index (χ1) is 8.30. The maximum Gasteiger partial charge on any atom is 0.282 e. The van der Waals surface area contributed by atoms with Gasteiger partial charge in [0.1, 0.15) is 12.4 Å². The van der Waals surface area contributed by atoms with Crippen molar-refractivity contribution in [3.8, 4) is 0 Å². The Labute approximate surface area is 106 Å². The standard InChI is InChI=1S/C11H15BN2O4/c1-11(2)17-8(15)7(9(16)18-11)12-10-13(3)5-6-14(10)4/h5-7H,1-4H3. The van der Waals surface area contributed by atoms with Crippen molar-refractivity contribution < 1.29 is 23.6 Å². The number of rotatable bonds is 2. The summed E-state index contributed by atoms with van der Waals surface area (Å²) in [4.78, 5) is 23.6. The summed E-state index contributed by atoms with van der Waals surface area (Å²) < 4.78 is 13.7. The number of ether oxygens (including phenoxy) is 2. The van der Waals surface area contributed by atoms with E-state index < -0.39 is 23.5 Å². The van der Waals surface area contributed by atoms with Crippen molar-refractivity contribution in [3.63, 3.8) is 0 Å². The quantitative estimate of drug-likeness (QED) is 0.286. The topological polar surface area (TPSA) is 61.4 Å². The van der Waals surface area contributed by atoms with E-state index in [9.17, 15) is 9.59 Å². The smallest absolute Gasteiger partial charge is 0.282 e. The van der Waals surface area contributed by atoms with Crippen molar-refractivity contribution in [2.75, 3.05) is 0 Å². The van der Waals surface area contributed by atoms with E-state index in [0.29, 0.717) is 0 Å². The minimum atomic E-state index is -1.19. The second-order valence-corrected chi connectivity index (χ2v) is 4.76. The van der Waals surface area contributed by atoms with Crippen LogP contribution in [0, 0.1) is 0 Å². The Morgan fingerprint density at radius 1 is 1.33 bits per heavy atom. The second kappa shape index (κ2) is 4.15. The third-order valence-electron chi connectivity index (χ3n) is 2.75. The van der Waals surface area contributed by atoms with Crippen molar-refractivity contribution in [1.82, 2.24) is 4.57 Å². The highest BCUT2D eigenvalue weighted by atomic mass is 16.7. The number of cyclic esters (lactones) is 2. The minimum Gasteiger partial charge on any atom is -0.425 e. The number of aromatic nitrogens is 2. The number of carbonyl (C=O) groups is 2. The fraction of sp³-hybridized carbons (Fsp3) is 0.545. The molecular weight excluding hydrogens is 235 g/mol. The molecule has 96 valence electrons. The van der Waals surface area contributed by atoms with Gasteiger partial charge in [-0.3, -0.25) is 18.7 Å². The van der Waals surface area contributed by atoms with Crippen molar-refractivity contribution >= 4 is 24.9 Å². The molecular formula is C11H15BN2O4. The fourth-order valence-corrected chi connectivity index (χ4v) is 1.85. The summed E-state index contributed by atoms with van der Waals surface area (Å²) in [6, 6.07) is 0. The molecule has 2 radical (unpaired) electrons. The predicted octanol–water partition coefficient (Wildman–Crippen LogP) is -1.20. The van der Waals surface area contributed by atoms with Crippen LogP contribution in [0.4, 0.5) is 0 Å². The highest BCUT2D eigenvalue weighted by molar-refractivity contribution is 6.61. The van der Waals surface area contributed by atoms with Crippen molar-refractivity contribution in [2.45, 2.75) is 25.5 Å². The Balaban J connectivity index is 2.20. The van der Waals surface area contributed by atoms with E-state index >= 15 is 0 Å². The number of carbonyl (C=O) groups excluding carboxylic acids is 2. The average molecular weight is 250 g/mol. The molecule has 0 spiro atoms. The lowest BCUT2D eigenvalue weighted by Gasteiger charge is -2.36. The van der Waals surface area contributed by atoms with Gasteiger partial charge in [0.25, 0.3) is 17.7 Å². The zero-order valence-electron chi connectivity index (χ0n) is 10.8. The second-order valence-electron chi connectivity index (χ2n) is 4.76. The largest absolute Gasteiger partial charge is 0.425 e. The van der Waals surface area contributed by atoms with Crippen LogP contribution in [0.1, 0.15) is 13.8 Å². The first-order valence-electron chi connectivity index (χ1n) is 5.62. The molecule has 0 amide bonds. The van der Waals surface area contributed by atoms with Crippen LogP contribution < -0.4 is 10.3 Å². The van der Waals surface area contributed by atoms with Crippen LogP contribution in [0.5, 0.6) is 0 Å². The Morgan fingerprint density at radius 2 is 1.89 bits per heavy atom. The summed E-state index contributed by atoms with van der Waals surface area (Å²) in [5.41, 5.74) is 0.730. The lowest BCUT2D eigenvalue weighted by molar-refractivity contribution is -0.653. The van der Waals surface area contributed by atoms with Gasteiger partial charge >= 0.3 is 0 Å². The molecule has 18 heavy (non-hydrogen) atoms. The van der Waals surface area contributed by atoms with E-state index in [1.54, 1.807) is 16.4 Å². The predicted molar refractivity (Wildman–Crippen MR) is 62.0 cm³/mol. The monoisotopic (exact) mass is 250 g/mol. The van der Waals surface area contributed by atoms with Crippen LogP contribution >= 0.6 is 0 Å². The van der Waals surface area contributed by atoms with Gasteiger partial charge in [-0.05, 0) is 5.82 Å². The van der Waals surface area contributed by atoms with Gasteiger partial charge in [0.2, 0.25) is 0 Å². The molecule has 1 fully saturated rings. The van der Waals surface area contributed by atoms with Gasteiger partial charge in [-0.2, -0.15) is 7.28 Å². The van der Waals surface area contributed by atoms with Crippen LogP contribution in [-0.4, -0.2) is 29.6 Å². The maximum atomic E-state index is 11.8. The van der Waals surface area contributed by atoms with Crippen LogP contribution in [0.25, 0.3) is 0 Å². The molecule has 1 aromatic heterocycles. The van der Waals surface area contributed by atoms with E-state index in [1.165, 1.54) is 13.8 Å². The molecule has 7 heteroatoms. The van der Waals surface area contributed by atoms with Crippen molar-refractivity contribution in [1.29, 1.82) is 0 Å². The SMILES string of the molecule is Cn1cc[n+](C)c1[B-]C1C(=O)OC(C)(C)OC1=O. The number of esters is 2. The van der Waals surface area contributed by atoms with Crippen molar-refractivity contribution in [3.05, 3.63) is 12.4 Å². The van der Waals surface area contributed by atoms with Gasteiger partial charge in [-0.15, -0.1) is 0 Å². The third-order valence-corrected chi connectivity index (χ3v) is 2.75. The average Bonchev–Trinajstić information content (AvgIpc) is 2.52. The number of hydrogen-bond donors (Lipinski definition) is 0. The van der Waals surface area contributed by atoms with Gasteiger partial charge in [-0.25, -0.2) is 0 Å². The fourth-order valence-electron chi connectivity index (χ4n) is 1.85. The first-order valence-corrected chi connectivity index (χ1v) is 5.62. The summed E-state index contributed by atoms with van der Waals surface area (Å²) in [5, 5.41) is 0. The molecule has 0 atom stereocenters. The van der Waals surface area contributed by atoms with E-state index in [0.717, 1.165) is 5.72 Å². The Bertz CT molecular complexity index is 470. The molecule has 0 N–H and O–H groups in total. The molecule has 1 saturated heterocycles. The van der Waals surface area contributed by atoms with Crippen LogP contribution in [0.3, 0.4) is 0 Å². The third kappa shape index (κ3) is 2.25. The molecule has 0 unspecified atom stereocenters. The summed E-state index contributed by atoms with van der Waals surface area (Å²) in [6.45, 7) is 3.06. The highest BCUT2D eigenvalue weighted by Crippen LogP contribution is 2.25. The Hall–Kier alpha value is -1.79. The lowest BCUT2D eigenvalue weighted by atomic mass is 9.63. The number of nitrogens with zero attached hydrogens (tertiary/aromatic N) is 2. The van der Waals surface area contributed by atoms with Crippen LogP contribution in [0.2, 0.25) is 5.82 Å². The molecule has 0 saturated carbocycles. The molecule has 2 heterocycles. The highest BCUT2D eigenvalue weighted by Gasteiger charge is 2.38. The first kappa shape index (κ1) is 12.7. The van der Waals surface area contributed by atoms with Gasteiger partial charge in [0, 0.05) is 19.6 Å². The lowest BCUT2D eigenvalue weighted by Crippen LogP contribution is -2.55. The molecule has 6 nitrogen and oxygen atoms in total. The molecule has 0 bridgehead atoms. The number of aryl methyl sites for hydroxylation is 2. The molecule has 1 aliphatic rings. The normalized spacial score (nSPS) is 19.6. The number of hydrogen-bond acceptors (Lipinski definition) is 4. The number of imidazole rings is 1. The van der Waals surface area contributed by atoms with Gasteiger partial charge in [0.05, 0.1) is 14.1 Å². The van der Waals surface area contributed by atoms with E-state index in [4.69, 9.17) is 9.47 Å². The van der Waals surface area contributed by atoms with Crippen LogP contribution in [-0.2, 0) is 33.2 Å². The molecule has 1 aliphatic heterocycles. The molecule has 2 rings (SSSR count). The Kier molecular flexibility index (Phi) is 2.92. The zero-order valence-corrected chi connectivity index (χ0v) is 10.8. The summed E-state index contributed by atoms with van der Waals surface area (Å²) in [6.07, 6.45) is 3.66. The molecule has 0 aliphatic carbocycles. The summed E-state index contributed by atoms with van der Waals surface area (Å²) in [5.74, 6) is -3.37.